The monoisotopic (exact) mass is 316 g/mol. The van der Waals surface area contributed by atoms with E-state index in [0.717, 1.165) is 5.56 Å². The summed E-state index contributed by atoms with van der Waals surface area (Å²) >= 11 is 0. The van der Waals surface area contributed by atoms with Crippen molar-refractivity contribution >= 4 is 11.7 Å². The molecule has 3 N–H and O–H groups in total. The standard InChI is InChI=1S/C17H24N4O2/c1-12(2)21-11-15(10-18-21)20-17(23)19-13(3)9-16(22)14-7-5-4-6-8-14/h4-8,10-13,16,22H,9H2,1-3H3,(H2,19,20,23). The molecule has 6 nitrogen and oxygen atoms in total. The Balaban J connectivity index is 1.82. The largest absolute Gasteiger partial charge is 0.388 e. The zero-order chi connectivity index (χ0) is 16.8. The molecule has 0 aliphatic carbocycles. The molecule has 0 fully saturated rings. The van der Waals surface area contributed by atoms with Gasteiger partial charge in [-0.3, -0.25) is 4.68 Å². The van der Waals surface area contributed by atoms with Gasteiger partial charge in [0, 0.05) is 18.3 Å². The van der Waals surface area contributed by atoms with E-state index in [0.29, 0.717) is 12.1 Å². The van der Waals surface area contributed by atoms with Crippen LogP contribution < -0.4 is 10.6 Å². The minimum absolute atomic E-state index is 0.162. The van der Waals surface area contributed by atoms with Crippen molar-refractivity contribution in [3.8, 4) is 0 Å². The Morgan fingerprint density at radius 3 is 2.57 bits per heavy atom. The van der Waals surface area contributed by atoms with Crippen molar-refractivity contribution in [3.63, 3.8) is 0 Å². The van der Waals surface area contributed by atoms with Gasteiger partial charge in [-0.2, -0.15) is 5.10 Å². The molecule has 0 spiro atoms. The zero-order valence-corrected chi connectivity index (χ0v) is 13.7. The number of aliphatic hydroxyl groups excluding tert-OH is 1. The summed E-state index contributed by atoms with van der Waals surface area (Å²) in [6, 6.07) is 9.20. The number of carbonyl (C=O) groups excluding carboxylic acids is 1. The lowest BCUT2D eigenvalue weighted by atomic mass is 10.0. The quantitative estimate of drug-likeness (QED) is 0.766. The smallest absolute Gasteiger partial charge is 0.319 e. The van der Waals surface area contributed by atoms with Crippen molar-refractivity contribution in [1.29, 1.82) is 0 Å². The van der Waals surface area contributed by atoms with Crippen LogP contribution in [0, 0.1) is 0 Å². The molecule has 0 saturated carbocycles. The van der Waals surface area contributed by atoms with E-state index in [4.69, 9.17) is 0 Å². The fraction of sp³-hybridized carbons (Fsp3) is 0.412. The number of nitrogens with zero attached hydrogens (tertiary/aromatic N) is 2. The number of benzene rings is 1. The van der Waals surface area contributed by atoms with Gasteiger partial charge in [-0.1, -0.05) is 30.3 Å². The van der Waals surface area contributed by atoms with Crippen LogP contribution in [0.1, 0.15) is 44.9 Å². The molecule has 2 unspecified atom stereocenters. The number of urea groups is 1. The van der Waals surface area contributed by atoms with E-state index >= 15 is 0 Å². The molecule has 124 valence electrons. The van der Waals surface area contributed by atoms with Gasteiger partial charge in [0.15, 0.2) is 0 Å². The van der Waals surface area contributed by atoms with Crippen LogP contribution in [0.3, 0.4) is 0 Å². The molecule has 0 radical (unpaired) electrons. The molecule has 1 heterocycles. The summed E-state index contributed by atoms with van der Waals surface area (Å²) in [6.07, 6.45) is 3.25. The van der Waals surface area contributed by atoms with E-state index in [9.17, 15) is 9.90 Å². The van der Waals surface area contributed by atoms with E-state index in [2.05, 4.69) is 15.7 Å². The highest BCUT2D eigenvalue weighted by Crippen LogP contribution is 2.17. The lowest BCUT2D eigenvalue weighted by Gasteiger charge is -2.18. The first-order valence-corrected chi connectivity index (χ1v) is 7.80. The van der Waals surface area contributed by atoms with Gasteiger partial charge in [0.1, 0.15) is 0 Å². The molecular weight excluding hydrogens is 292 g/mol. The molecule has 23 heavy (non-hydrogen) atoms. The average molecular weight is 316 g/mol. The molecule has 2 amide bonds. The van der Waals surface area contributed by atoms with Crippen LogP contribution in [-0.4, -0.2) is 27.0 Å². The molecule has 2 atom stereocenters. The number of nitrogens with one attached hydrogen (secondary N) is 2. The Bertz CT molecular complexity index is 625. The van der Waals surface area contributed by atoms with Crippen LogP contribution in [0.15, 0.2) is 42.7 Å². The Morgan fingerprint density at radius 1 is 1.26 bits per heavy atom. The maximum Gasteiger partial charge on any atom is 0.319 e. The highest BCUT2D eigenvalue weighted by molar-refractivity contribution is 5.89. The van der Waals surface area contributed by atoms with Crippen molar-refractivity contribution in [2.45, 2.75) is 45.4 Å². The zero-order valence-electron chi connectivity index (χ0n) is 13.7. The highest BCUT2D eigenvalue weighted by Gasteiger charge is 2.14. The number of aromatic nitrogens is 2. The fourth-order valence-electron chi connectivity index (χ4n) is 2.28. The van der Waals surface area contributed by atoms with Crippen LogP contribution >= 0.6 is 0 Å². The van der Waals surface area contributed by atoms with Crippen molar-refractivity contribution in [1.82, 2.24) is 15.1 Å². The second-order valence-electron chi connectivity index (χ2n) is 5.96. The SMILES string of the molecule is CC(CC(O)c1ccccc1)NC(=O)Nc1cnn(C(C)C)c1. The van der Waals surface area contributed by atoms with Crippen LogP contribution in [0.4, 0.5) is 10.5 Å². The normalized spacial score (nSPS) is 13.6. The molecule has 1 aromatic heterocycles. The molecule has 1 aromatic carbocycles. The number of anilines is 1. The maximum absolute atomic E-state index is 12.0. The molecule has 2 rings (SSSR count). The summed E-state index contributed by atoms with van der Waals surface area (Å²) in [5.41, 5.74) is 1.49. The van der Waals surface area contributed by atoms with Gasteiger partial charge in [-0.25, -0.2) is 4.79 Å². The summed E-state index contributed by atoms with van der Waals surface area (Å²) in [4.78, 5) is 12.0. The van der Waals surface area contributed by atoms with E-state index in [-0.39, 0.29) is 18.1 Å². The lowest BCUT2D eigenvalue weighted by molar-refractivity contribution is 0.155. The third kappa shape index (κ3) is 5.10. The van der Waals surface area contributed by atoms with Gasteiger partial charge in [0.2, 0.25) is 0 Å². The van der Waals surface area contributed by atoms with E-state index in [1.807, 2.05) is 51.1 Å². The van der Waals surface area contributed by atoms with Crippen LogP contribution in [-0.2, 0) is 0 Å². The van der Waals surface area contributed by atoms with Crippen LogP contribution in [0.5, 0.6) is 0 Å². The van der Waals surface area contributed by atoms with Crippen LogP contribution in [0.2, 0.25) is 0 Å². The van der Waals surface area contributed by atoms with Crippen molar-refractivity contribution in [3.05, 3.63) is 48.3 Å². The third-order valence-corrected chi connectivity index (χ3v) is 3.53. The summed E-state index contributed by atoms with van der Waals surface area (Å²) in [5, 5.41) is 19.9. The molecule has 0 bridgehead atoms. The van der Waals surface area contributed by atoms with Gasteiger partial charge < -0.3 is 15.7 Å². The van der Waals surface area contributed by atoms with Gasteiger partial charge in [-0.05, 0) is 32.8 Å². The molecular formula is C17H24N4O2. The number of hydrogen-bond donors (Lipinski definition) is 3. The topological polar surface area (TPSA) is 79.2 Å². The molecule has 0 aliphatic rings. The predicted molar refractivity (Wildman–Crippen MR) is 90.2 cm³/mol. The number of carbonyl (C=O) groups is 1. The summed E-state index contributed by atoms with van der Waals surface area (Å²) in [5.74, 6) is 0. The second-order valence-corrected chi connectivity index (χ2v) is 5.96. The molecule has 6 heteroatoms. The minimum atomic E-state index is -0.602. The average Bonchev–Trinajstić information content (AvgIpc) is 2.96. The summed E-state index contributed by atoms with van der Waals surface area (Å²) in [6.45, 7) is 5.90. The Morgan fingerprint density at radius 2 is 1.96 bits per heavy atom. The van der Waals surface area contributed by atoms with Crippen LogP contribution in [0.25, 0.3) is 0 Å². The Hall–Kier alpha value is -2.34. The number of amides is 2. The fourth-order valence-corrected chi connectivity index (χ4v) is 2.28. The Labute approximate surface area is 136 Å². The van der Waals surface area contributed by atoms with Gasteiger partial charge in [-0.15, -0.1) is 0 Å². The molecule has 2 aromatic rings. The van der Waals surface area contributed by atoms with Crippen molar-refractivity contribution in [2.75, 3.05) is 5.32 Å². The first-order chi connectivity index (χ1) is 11.0. The minimum Gasteiger partial charge on any atom is -0.388 e. The van der Waals surface area contributed by atoms with Gasteiger partial charge in [0.05, 0.1) is 18.0 Å². The summed E-state index contributed by atoms with van der Waals surface area (Å²) < 4.78 is 1.78. The highest BCUT2D eigenvalue weighted by atomic mass is 16.3. The number of rotatable bonds is 6. The first-order valence-electron chi connectivity index (χ1n) is 7.80. The molecule has 0 saturated heterocycles. The van der Waals surface area contributed by atoms with Gasteiger partial charge >= 0.3 is 6.03 Å². The van der Waals surface area contributed by atoms with Crippen molar-refractivity contribution in [2.24, 2.45) is 0 Å². The van der Waals surface area contributed by atoms with E-state index < -0.39 is 6.10 Å². The molecule has 0 aliphatic heterocycles. The lowest BCUT2D eigenvalue weighted by Crippen LogP contribution is -2.36. The summed E-state index contributed by atoms with van der Waals surface area (Å²) in [7, 11) is 0. The third-order valence-electron chi connectivity index (χ3n) is 3.53. The van der Waals surface area contributed by atoms with E-state index in [1.165, 1.54) is 0 Å². The second kappa shape index (κ2) is 7.78. The van der Waals surface area contributed by atoms with Crippen molar-refractivity contribution < 1.29 is 9.90 Å². The Kier molecular flexibility index (Phi) is 5.76. The predicted octanol–water partition coefficient (Wildman–Crippen LogP) is 3.10. The number of aliphatic hydroxyl groups is 1. The number of hydrogen-bond acceptors (Lipinski definition) is 3. The first kappa shape index (κ1) is 17.0. The van der Waals surface area contributed by atoms with E-state index in [1.54, 1.807) is 17.1 Å². The maximum atomic E-state index is 12.0. The van der Waals surface area contributed by atoms with Gasteiger partial charge in [0.25, 0.3) is 0 Å².